The van der Waals surface area contributed by atoms with E-state index in [4.69, 9.17) is 4.74 Å². The molecule has 2 unspecified atom stereocenters. The van der Waals surface area contributed by atoms with Gasteiger partial charge in [-0.2, -0.15) is 13.2 Å². The summed E-state index contributed by atoms with van der Waals surface area (Å²) in [6.07, 6.45) is -2.40. The monoisotopic (exact) mass is 268 g/mol. The van der Waals surface area contributed by atoms with Crippen molar-refractivity contribution in [2.24, 2.45) is 5.92 Å². The number of methoxy groups -OCH3 is 1. The van der Waals surface area contributed by atoms with Crippen LogP contribution in [0, 0.1) is 5.92 Å². The van der Waals surface area contributed by atoms with E-state index in [1.807, 2.05) is 13.8 Å². The molecule has 1 rings (SSSR count). The van der Waals surface area contributed by atoms with Gasteiger partial charge in [0.2, 0.25) is 0 Å². The van der Waals surface area contributed by atoms with Gasteiger partial charge in [0.15, 0.2) is 0 Å². The fourth-order valence-electron chi connectivity index (χ4n) is 2.48. The zero-order chi connectivity index (χ0) is 14.0. The summed E-state index contributed by atoms with van der Waals surface area (Å²) in [5, 5.41) is 10.3. The highest BCUT2D eigenvalue weighted by Gasteiger charge is 2.47. The summed E-state index contributed by atoms with van der Waals surface area (Å²) in [4.78, 5) is 0. The summed E-state index contributed by atoms with van der Waals surface area (Å²) < 4.78 is 43.3. The van der Waals surface area contributed by atoms with E-state index in [0.29, 0.717) is 25.7 Å². The highest BCUT2D eigenvalue weighted by molar-refractivity contribution is 4.90. The van der Waals surface area contributed by atoms with E-state index < -0.39 is 23.3 Å². The number of rotatable bonds is 4. The van der Waals surface area contributed by atoms with Crippen LogP contribution in [0.2, 0.25) is 0 Å². The predicted molar refractivity (Wildman–Crippen MR) is 63.3 cm³/mol. The molecule has 0 saturated heterocycles. The first-order valence-corrected chi connectivity index (χ1v) is 6.42. The van der Waals surface area contributed by atoms with Crippen LogP contribution in [0.4, 0.5) is 13.2 Å². The Labute approximate surface area is 107 Å². The van der Waals surface area contributed by atoms with Gasteiger partial charge in [0.1, 0.15) is 0 Å². The third-order valence-electron chi connectivity index (χ3n) is 4.03. The molecule has 0 spiro atoms. The Hall–Kier alpha value is -0.290. The lowest BCUT2D eigenvalue weighted by atomic mass is 9.74. The Bertz CT molecular complexity index is 276. The van der Waals surface area contributed by atoms with Crippen LogP contribution in [0.5, 0.6) is 0 Å². The van der Waals surface area contributed by atoms with E-state index in [2.05, 4.69) is 0 Å². The van der Waals surface area contributed by atoms with E-state index in [-0.39, 0.29) is 12.8 Å². The molecule has 0 aliphatic heterocycles. The van der Waals surface area contributed by atoms with E-state index in [1.54, 1.807) is 7.11 Å². The minimum Gasteiger partial charge on any atom is -0.390 e. The highest BCUT2D eigenvalue weighted by Crippen LogP contribution is 2.43. The molecular weight excluding hydrogens is 245 g/mol. The molecular formula is C13H23F3O2. The fraction of sp³-hybridized carbons (Fsp3) is 1.00. The van der Waals surface area contributed by atoms with Gasteiger partial charge < -0.3 is 9.84 Å². The van der Waals surface area contributed by atoms with Crippen LogP contribution in [0.1, 0.15) is 52.4 Å². The number of aliphatic hydroxyl groups is 1. The number of hydrogen-bond acceptors (Lipinski definition) is 2. The van der Waals surface area contributed by atoms with Crippen molar-refractivity contribution in [2.45, 2.75) is 69.8 Å². The van der Waals surface area contributed by atoms with Crippen LogP contribution in [0.3, 0.4) is 0 Å². The Morgan fingerprint density at radius 3 is 2.44 bits per heavy atom. The number of ether oxygens (including phenoxy) is 1. The molecule has 18 heavy (non-hydrogen) atoms. The van der Waals surface area contributed by atoms with E-state index in [1.165, 1.54) is 0 Å². The standard InChI is InChI=1S/C13H23F3O2/c1-11(2,18-3)7-8-12(17)6-4-5-10(9-12)13(14,15)16/h10,17H,4-9H2,1-3H3. The second-order valence-electron chi connectivity index (χ2n) is 6.02. The smallest absolute Gasteiger partial charge is 0.390 e. The van der Waals surface area contributed by atoms with Crippen LogP contribution < -0.4 is 0 Å². The van der Waals surface area contributed by atoms with E-state index in [9.17, 15) is 18.3 Å². The van der Waals surface area contributed by atoms with Crippen molar-refractivity contribution < 1.29 is 23.0 Å². The summed E-state index contributed by atoms with van der Waals surface area (Å²) in [6.45, 7) is 3.75. The van der Waals surface area contributed by atoms with Crippen molar-refractivity contribution in [2.75, 3.05) is 7.11 Å². The van der Waals surface area contributed by atoms with Crippen molar-refractivity contribution in [1.29, 1.82) is 0 Å². The van der Waals surface area contributed by atoms with E-state index >= 15 is 0 Å². The molecule has 0 radical (unpaired) electrons. The fourth-order valence-corrected chi connectivity index (χ4v) is 2.48. The molecule has 2 atom stereocenters. The molecule has 0 aromatic rings. The molecule has 0 amide bonds. The molecule has 1 saturated carbocycles. The third-order valence-corrected chi connectivity index (χ3v) is 4.03. The summed E-state index contributed by atoms with van der Waals surface area (Å²) in [6, 6.07) is 0. The normalized spacial score (nSPS) is 30.5. The largest absolute Gasteiger partial charge is 0.391 e. The Morgan fingerprint density at radius 1 is 1.33 bits per heavy atom. The van der Waals surface area contributed by atoms with E-state index in [0.717, 1.165) is 0 Å². The van der Waals surface area contributed by atoms with Crippen LogP contribution in [0.15, 0.2) is 0 Å². The maximum Gasteiger partial charge on any atom is 0.391 e. The second kappa shape index (κ2) is 5.37. The minimum absolute atomic E-state index is 0.138. The van der Waals surface area contributed by atoms with Gasteiger partial charge in [-0.1, -0.05) is 0 Å². The van der Waals surface area contributed by atoms with Crippen molar-refractivity contribution in [1.82, 2.24) is 0 Å². The van der Waals surface area contributed by atoms with Crippen LogP contribution in [-0.2, 0) is 4.74 Å². The molecule has 0 aromatic carbocycles. The molecule has 0 bridgehead atoms. The molecule has 0 heterocycles. The second-order valence-corrected chi connectivity index (χ2v) is 6.02. The molecule has 1 aliphatic rings. The first kappa shape index (κ1) is 15.8. The van der Waals surface area contributed by atoms with Crippen LogP contribution in [-0.4, -0.2) is 29.6 Å². The summed E-state index contributed by atoms with van der Waals surface area (Å²) in [5.41, 5.74) is -1.59. The predicted octanol–water partition coefficient (Wildman–Crippen LogP) is 3.68. The van der Waals surface area contributed by atoms with Gasteiger partial charge in [0.25, 0.3) is 0 Å². The van der Waals surface area contributed by atoms with Gasteiger partial charge in [0.05, 0.1) is 17.1 Å². The van der Waals surface area contributed by atoms with Gasteiger partial charge in [-0.15, -0.1) is 0 Å². The summed E-state index contributed by atoms with van der Waals surface area (Å²) >= 11 is 0. The number of alkyl halides is 3. The lowest BCUT2D eigenvalue weighted by molar-refractivity contribution is -0.202. The Kier molecular flexibility index (Phi) is 4.70. The first-order valence-electron chi connectivity index (χ1n) is 6.42. The lowest BCUT2D eigenvalue weighted by Gasteiger charge is -2.39. The Balaban J connectivity index is 2.58. The summed E-state index contributed by atoms with van der Waals surface area (Å²) in [5.74, 6) is -1.36. The van der Waals surface area contributed by atoms with Gasteiger partial charge in [-0.3, -0.25) is 0 Å². The third kappa shape index (κ3) is 4.43. The van der Waals surface area contributed by atoms with Crippen molar-refractivity contribution in [3.63, 3.8) is 0 Å². The van der Waals surface area contributed by atoms with Crippen molar-refractivity contribution in [3.8, 4) is 0 Å². The van der Waals surface area contributed by atoms with Gasteiger partial charge in [0, 0.05) is 7.11 Å². The maximum atomic E-state index is 12.7. The highest BCUT2D eigenvalue weighted by atomic mass is 19.4. The molecule has 1 aliphatic carbocycles. The first-order chi connectivity index (χ1) is 8.08. The van der Waals surface area contributed by atoms with Crippen LogP contribution in [0.25, 0.3) is 0 Å². The SMILES string of the molecule is COC(C)(C)CCC1(O)CCCC(C(F)(F)F)C1. The topological polar surface area (TPSA) is 29.5 Å². The molecule has 1 fully saturated rings. The minimum atomic E-state index is -4.19. The zero-order valence-corrected chi connectivity index (χ0v) is 11.3. The lowest BCUT2D eigenvalue weighted by Crippen LogP contribution is -2.41. The van der Waals surface area contributed by atoms with Crippen LogP contribution >= 0.6 is 0 Å². The van der Waals surface area contributed by atoms with Gasteiger partial charge in [-0.25, -0.2) is 0 Å². The average molecular weight is 268 g/mol. The molecule has 2 nitrogen and oxygen atoms in total. The Morgan fingerprint density at radius 2 is 1.94 bits per heavy atom. The number of hydrogen-bond donors (Lipinski definition) is 1. The number of halogens is 3. The maximum absolute atomic E-state index is 12.7. The van der Waals surface area contributed by atoms with Crippen molar-refractivity contribution >= 4 is 0 Å². The molecule has 1 N–H and O–H groups in total. The molecule has 5 heteroatoms. The van der Waals surface area contributed by atoms with Crippen molar-refractivity contribution in [3.05, 3.63) is 0 Å². The quantitative estimate of drug-likeness (QED) is 0.843. The summed E-state index contributed by atoms with van der Waals surface area (Å²) in [7, 11) is 1.57. The molecule has 108 valence electrons. The van der Waals surface area contributed by atoms with Gasteiger partial charge >= 0.3 is 6.18 Å². The van der Waals surface area contributed by atoms with Gasteiger partial charge in [-0.05, 0) is 52.4 Å². The average Bonchev–Trinajstić information content (AvgIpc) is 2.26. The zero-order valence-electron chi connectivity index (χ0n) is 11.3. The molecule has 0 aromatic heterocycles.